The van der Waals surface area contributed by atoms with E-state index in [4.69, 9.17) is 37.3 Å². The highest BCUT2D eigenvalue weighted by atomic mass is 35.7. The molecule has 0 aliphatic heterocycles. The molecule has 0 unspecified atom stereocenters. The first-order valence-corrected chi connectivity index (χ1v) is 12.1. The van der Waals surface area contributed by atoms with Gasteiger partial charge in [0, 0.05) is 6.07 Å². The number of ether oxygens (including phenoxy) is 3. The summed E-state index contributed by atoms with van der Waals surface area (Å²) in [6, 6.07) is 23.5. The van der Waals surface area contributed by atoms with E-state index in [1.165, 1.54) is 0 Å². The van der Waals surface area contributed by atoms with Gasteiger partial charge >= 0.3 is 17.5 Å². The summed E-state index contributed by atoms with van der Waals surface area (Å²) < 4.78 is 56.4. The van der Waals surface area contributed by atoms with Crippen LogP contribution in [0.1, 0.15) is 10.4 Å². The minimum absolute atomic E-state index is 0.120. The Bertz CT molecular complexity index is 1380. The van der Waals surface area contributed by atoms with E-state index in [1.807, 2.05) is 48.5 Å². The van der Waals surface area contributed by atoms with Crippen LogP contribution in [0.5, 0.6) is 17.2 Å². The standard InChI is InChI=1S/C27H22O6.ClHO4/c1-30-20-12-9-18(10-13-20)25-21(27(28)29)16-23(17-7-5-4-6-8-17)33-26(25)19-11-14-22(31-2)24(15-19)32-3;2-1(3,4)5/h4-16H,1-3H3;(H,2,3,4,5). The summed E-state index contributed by atoms with van der Waals surface area (Å²) in [5.74, 6) is 1.52. The highest BCUT2D eigenvalue weighted by molar-refractivity contribution is 6.01. The molecule has 3 aromatic carbocycles. The Hall–Kier alpha value is -4.19. The van der Waals surface area contributed by atoms with Crippen LogP contribution in [0.3, 0.4) is 0 Å². The second-order valence-corrected chi connectivity index (χ2v) is 8.33. The zero-order valence-electron chi connectivity index (χ0n) is 20.5. The van der Waals surface area contributed by atoms with Gasteiger partial charge in [-0.15, -0.1) is 10.2 Å². The summed E-state index contributed by atoms with van der Waals surface area (Å²) in [5, 5.41) is 10.1. The topological polar surface area (TPSA) is 169 Å². The van der Waals surface area contributed by atoms with Crippen molar-refractivity contribution < 1.29 is 57.4 Å². The number of carboxylic acids is 1. The minimum Gasteiger partial charge on any atom is -0.497 e. The fourth-order valence-electron chi connectivity index (χ4n) is 3.65. The molecule has 4 aromatic rings. The Morgan fingerprint density at radius 1 is 0.737 bits per heavy atom. The molecule has 1 heterocycles. The fourth-order valence-corrected chi connectivity index (χ4v) is 3.65. The van der Waals surface area contributed by atoms with E-state index in [2.05, 4.69) is 0 Å². The fraction of sp³-hybridized carbons (Fsp3) is 0.111. The smallest absolute Gasteiger partial charge is 0.369 e. The van der Waals surface area contributed by atoms with Gasteiger partial charge in [-0.05, 0) is 42.0 Å². The maximum absolute atomic E-state index is 12.4. The SMILES string of the molecule is COc1ccc(-c2c(C(=O)O)cc(-c3ccccc3)[o+]c2-c2ccc(OC)c(OC)c2)cc1.[O-][Cl+3]([O-])([O-])[O-]. The highest BCUT2D eigenvalue weighted by Gasteiger charge is 2.31. The van der Waals surface area contributed by atoms with E-state index in [9.17, 15) is 9.90 Å². The lowest BCUT2D eigenvalue weighted by Gasteiger charge is -2.17. The highest BCUT2D eigenvalue weighted by Crippen LogP contribution is 2.41. The molecule has 38 heavy (non-hydrogen) atoms. The van der Waals surface area contributed by atoms with E-state index in [0.29, 0.717) is 45.5 Å². The van der Waals surface area contributed by atoms with Crippen molar-refractivity contribution >= 4 is 5.97 Å². The predicted octanol–water partition coefficient (Wildman–Crippen LogP) is 1.53. The zero-order valence-corrected chi connectivity index (χ0v) is 21.3. The quantitative estimate of drug-likeness (QED) is 0.338. The molecule has 0 amide bonds. The number of rotatable bonds is 7. The lowest BCUT2D eigenvalue weighted by Crippen LogP contribution is -2.68. The van der Waals surface area contributed by atoms with Gasteiger partial charge in [0.15, 0.2) is 11.5 Å². The summed E-state index contributed by atoms with van der Waals surface area (Å²) in [6.07, 6.45) is 0. The van der Waals surface area contributed by atoms with Gasteiger partial charge in [-0.3, -0.25) is 0 Å². The molecule has 1 aromatic heterocycles. The normalized spacial score (nSPS) is 10.7. The third-order valence-electron chi connectivity index (χ3n) is 5.30. The van der Waals surface area contributed by atoms with Crippen molar-refractivity contribution in [2.45, 2.75) is 0 Å². The van der Waals surface area contributed by atoms with E-state index >= 15 is 0 Å². The number of methoxy groups -OCH3 is 3. The van der Waals surface area contributed by atoms with Crippen LogP contribution in [-0.2, 0) is 0 Å². The van der Waals surface area contributed by atoms with Crippen LogP contribution in [-0.4, -0.2) is 32.4 Å². The first-order valence-electron chi connectivity index (χ1n) is 10.8. The summed E-state index contributed by atoms with van der Waals surface area (Å²) in [7, 11) is -0.258. The van der Waals surface area contributed by atoms with Gasteiger partial charge < -0.3 is 19.3 Å². The second kappa shape index (κ2) is 12.4. The Labute approximate surface area is 220 Å². The van der Waals surface area contributed by atoms with Crippen molar-refractivity contribution in [2.75, 3.05) is 21.3 Å². The number of halogens is 1. The monoisotopic (exact) mass is 542 g/mol. The molecule has 0 spiro atoms. The van der Waals surface area contributed by atoms with Crippen molar-refractivity contribution in [3.8, 4) is 51.0 Å². The summed E-state index contributed by atoms with van der Waals surface area (Å²) in [5.41, 5.74) is 2.68. The first kappa shape index (κ1) is 28.4. The van der Waals surface area contributed by atoms with Gasteiger partial charge in [-0.1, -0.05) is 30.3 Å². The largest absolute Gasteiger partial charge is 0.497 e. The molecular weight excluding hydrogens is 520 g/mol. The third-order valence-corrected chi connectivity index (χ3v) is 5.30. The summed E-state index contributed by atoms with van der Waals surface area (Å²) in [6.45, 7) is 0. The van der Waals surface area contributed by atoms with Crippen molar-refractivity contribution in [3.63, 3.8) is 0 Å². The van der Waals surface area contributed by atoms with E-state index in [0.717, 1.165) is 5.56 Å². The number of carboxylic acid groups (broad SMARTS) is 1. The molecular formula is C27H23ClO10. The molecule has 11 heteroatoms. The predicted molar refractivity (Wildman–Crippen MR) is 126 cm³/mol. The lowest BCUT2D eigenvalue weighted by atomic mass is 9.94. The Morgan fingerprint density at radius 2 is 1.32 bits per heavy atom. The molecule has 198 valence electrons. The molecule has 10 nitrogen and oxygen atoms in total. The Balaban J connectivity index is 0.000000732. The van der Waals surface area contributed by atoms with Crippen LogP contribution < -0.4 is 32.8 Å². The zero-order chi connectivity index (χ0) is 27.9. The van der Waals surface area contributed by atoms with Crippen molar-refractivity contribution in [1.82, 2.24) is 0 Å². The maximum Gasteiger partial charge on any atom is 0.369 e. The molecule has 0 aliphatic carbocycles. The average molecular weight is 543 g/mol. The van der Waals surface area contributed by atoms with Crippen LogP contribution in [0, 0.1) is 10.2 Å². The summed E-state index contributed by atoms with van der Waals surface area (Å²) in [4.78, 5) is 12.4. The first-order chi connectivity index (χ1) is 18.0. The van der Waals surface area contributed by atoms with Crippen molar-refractivity contribution in [3.05, 3.63) is 84.4 Å². The molecule has 0 fully saturated rings. The molecule has 0 saturated heterocycles. The van der Waals surface area contributed by atoms with Crippen LogP contribution in [0.15, 0.2) is 83.3 Å². The molecule has 0 atom stereocenters. The Kier molecular flexibility index (Phi) is 9.24. The van der Waals surface area contributed by atoms with Crippen molar-refractivity contribution in [2.24, 2.45) is 0 Å². The Morgan fingerprint density at radius 3 is 1.84 bits per heavy atom. The maximum atomic E-state index is 12.4. The van der Waals surface area contributed by atoms with Gasteiger partial charge in [0.1, 0.15) is 11.3 Å². The van der Waals surface area contributed by atoms with E-state index in [1.54, 1.807) is 51.7 Å². The van der Waals surface area contributed by atoms with Crippen LogP contribution in [0.2, 0.25) is 0 Å². The molecule has 1 N–H and O–H groups in total. The molecule has 0 bridgehead atoms. The lowest BCUT2D eigenvalue weighted by molar-refractivity contribution is -2.00. The van der Waals surface area contributed by atoms with Crippen LogP contribution in [0.25, 0.3) is 33.8 Å². The molecule has 4 rings (SSSR count). The molecule has 0 saturated carbocycles. The van der Waals surface area contributed by atoms with E-state index < -0.39 is 16.2 Å². The van der Waals surface area contributed by atoms with Crippen LogP contribution in [0.4, 0.5) is 0 Å². The molecule has 0 aliphatic rings. The average Bonchev–Trinajstić information content (AvgIpc) is 2.91. The van der Waals surface area contributed by atoms with E-state index in [-0.39, 0.29) is 5.56 Å². The van der Waals surface area contributed by atoms with Crippen molar-refractivity contribution in [1.29, 1.82) is 0 Å². The minimum atomic E-state index is -4.94. The summed E-state index contributed by atoms with van der Waals surface area (Å²) >= 11 is 0. The van der Waals surface area contributed by atoms with Gasteiger partial charge in [0.2, 0.25) is 0 Å². The molecule has 0 radical (unpaired) electrons. The number of hydrogen-bond donors (Lipinski definition) is 1. The number of hydrogen-bond acceptors (Lipinski definition) is 8. The van der Waals surface area contributed by atoms with Gasteiger partial charge in [0.25, 0.3) is 0 Å². The van der Waals surface area contributed by atoms with Crippen LogP contribution >= 0.6 is 0 Å². The van der Waals surface area contributed by atoms with Gasteiger partial charge in [-0.25, -0.2) is 27.8 Å². The van der Waals surface area contributed by atoms with Gasteiger partial charge in [-0.2, -0.15) is 0 Å². The number of benzene rings is 3. The number of carbonyl (C=O) groups is 1. The number of aromatic carboxylic acids is 1. The third kappa shape index (κ3) is 7.19. The van der Waals surface area contributed by atoms with Gasteiger partial charge in [0.05, 0.1) is 44.1 Å². The second-order valence-electron chi connectivity index (χ2n) is 7.58.